The van der Waals surface area contributed by atoms with E-state index < -0.39 is 17.8 Å². The maximum atomic E-state index is 12.8. The van der Waals surface area contributed by atoms with E-state index in [-0.39, 0.29) is 5.57 Å². The molecule has 4 amide bonds. The summed E-state index contributed by atoms with van der Waals surface area (Å²) in [6.45, 7) is 4.12. The molecule has 1 heterocycles. The van der Waals surface area contributed by atoms with Crippen LogP contribution in [0.3, 0.4) is 0 Å². The van der Waals surface area contributed by atoms with E-state index in [9.17, 15) is 14.4 Å². The van der Waals surface area contributed by atoms with Gasteiger partial charge in [0.05, 0.1) is 12.8 Å². The fourth-order valence-corrected chi connectivity index (χ4v) is 2.77. The maximum Gasteiger partial charge on any atom is 0.335 e. The zero-order valence-electron chi connectivity index (χ0n) is 15.4. The zero-order valence-corrected chi connectivity index (χ0v) is 15.4. The lowest BCUT2D eigenvalue weighted by molar-refractivity contribution is -0.122. The minimum Gasteiger partial charge on any atom is -0.497 e. The molecule has 138 valence electrons. The molecule has 0 bridgehead atoms. The summed E-state index contributed by atoms with van der Waals surface area (Å²) in [5.41, 5.74) is 2.05. The lowest BCUT2D eigenvalue weighted by Crippen LogP contribution is -2.54. The van der Waals surface area contributed by atoms with Crippen LogP contribution in [-0.2, 0) is 9.59 Å². The topological polar surface area (TPSA) is 75.7 Å². The van der Waals surface area contributed by atoms with Gasteiger partial charge in [0.2, 0.25) is 0 Å². The molecule has 6 nitrogen and oxygen atoms in total. The van der Waals surface area contributed by atoms with Crippen molar-refractivity contribution in [3.63, 3.8) is 0 Å². The maximum absolute atomic E-state index is 12.8. The molecular formula is C21H20N2O4. The smallest absolute Gasteiger partial charge is 0.335 e. The molecule has 6 heteroatoms. The van der Waals surface area contributed by atoms with Crippen molar-refractivity contribution in [3.05, 3.63) is 65.2 Å². The van der Waals surface area contributed by atoms with Gasteiger partial charge in [0.25, 0.3) is 11.8 Å². The van der Waals surface area contributed by atoms with E-state index in [0.29, 0.717) is 22.9 Å². The highest BCUT2D eigenvalue weighted by Crippen LogP contribution is 2.24. The molecule has 3 rings (SSSR count). The Hall–Kier alpha value is -3.41. The molecule has 0 aromatic heterocycles. The van der Waals surface area contributed by atoms with E-state index in [0.717, 1.165) is 10.5 Å². The van der Waals surface area contributed by atoms with E-state index in [1.165, 1.54) is 6.08 Å². The van der Waals surface area contributed by atoms with Gasteiger partial charge in [-0.15, -0.1) is 0 Å². The Morgan fingerprint density at radius 1 is 0.963 bits per heavy atom. The Bertz CT molecular complexity index is 912. The van der Waals surface area contributed by atoms with Crippen molar-refractivity contribution in [3.8, 4) is 5.75 Å². The van der Waals surface area contributed by atoms with Crippen LogP contribution < -0.4 is 15.0 Å². The minimum atomic E-state index is -0.755. The number of anilines is 1. The second-order valence-corrected chi connectivity index (χ2v) is 6.48. The van der Waals surface area contributed by atoms with Gasteiger partial charge in [-0.3, -0.25) is 14.9 Å². The lowest BCUT2D eigenvalue weighted by Gasteiger charge is -2.26. The second kappa shape index (κ2) is 7.45. The molecule has 1 fully saturated rings. The number of rotatable bonds is 4. The van der Waals surface area contributed by atoms with Gasteiger partial charge < -0.3 is 4.74 Å². The number of carbonyl (C=O) groups excluding carboxylic acids is 3. The third-order valence-corrected chi connectivity index (χ3v) is 4.35. The Labute approximate surface area is 157 Å². The fourth-order valence-electron chi connectivity index (χ4n) is 2.77. The van der Waals surface area contributed by atoms with Crippen LogP contribution in [0.1, 0.15) is 30.9 Å². The van der Waals surface area contributed by atoms with Crippen molar-refractivity contribution in [2.45, 2.75) is 19.8 Å². The van der Waals surface area contributed by atoms with Crippen LogP contribution in [0.2, 0.25) is 0 Å². The summed E-state index contributed by atoms with van der Waals surface area (Å²) in [6.07, 6.45) is 1.46. The molecule has 1 aliphatic heterocycles. The van der Waals surface area contributed by atoms with Crippen LogP contribution in [0.25, 0.3) is 6.08 Å². The van der Waals surface area contributed by atoms with Gasteiger partial charge in [-0.2, -0.15) is 0 Å². The molecule has 0 atom stereocenters. The van der Waals surface area contributed by atoms with Crippen LogP contribution in [0, 0.1) is 0 Å². The molecular weight excluding hydrogens is 344 g/mol. The van der Waals surface area contributed by atoms with Gasteiger partial charge in [-0.25, -0.2) is 9.69 Å². The number of nitrogens with one attached hydrogen (secondary N) is 1. The number of hydrogen-bond acceptors (Lipinski definition) is 4. The van der Waals surface area contributed by atoms with Crippen molar-refractivity contribution in [1.82, 2.24) is 5.32 Å². The van der Waals surface area contributed by atoms with Crippen molar-refractivity contribution < 1.29 is 19.1 Å². The van der Waals surface area contributed by atoms with Crippen molar-refractivity contribution in [1.29, 1.82) is 0 Å². The summed E-state index contributed by atoms with van der Waals surface area (Å²) in [4.78, 5) is 38.3. The molecule has 1 aliphatic rings. The Morgan fingerprint density at radius 2 is 1.59 bits per heavy atom. The van der Waals surface area contributed by atoms with E-state index in [2.05, 4.69) is 19.2 Å². The number of nitrogens with zero attached hydrogens (tertiary/aromatic N) is 1. The highest BCUT2D eigenvalue weighted by atomic mass is 16.5. The summed E-state index contributed by atoms with van der Waals surface area (Å²) in [7, 11) is 1.56. The molecule has 1 N–H and O–H groups in total. The number of imide groups is 2. The summed E-state index contributed by atoms with van der Waals surface area (Å²) in [5, 5.41) is 2.22. The predicted molar refractivity (Wildman–Crippen MR) is 103 cm³/mol. The number of barbiturate groups is 1. The first-order valence-electron chi connectivity index (χ1n) is 8.56. The second-order valence-electron chi connectivity index (χ2n) is 6.48. The predicted octanol–water partition coefficient (Wildman–Crippen LogP) is 3.49. The first-order valence-corrected chi connectivity index (χ1v) is 8.56. The van der Waals surface area contributed by atoms with Gasteiger partial charge in [0.15, 0.2) is 0 Å². The molecule has 0 saturated carbocycles. The first-order chi connectivity index (χ1) is 12.9. The number of benzene rings is 2. The molecule has 0 radical (unpaired) electrons. The molecule has 2 aromatic rings. The lowest BCUT2D eigenvalue weighted by atomic mass is 10.0. The monoisotopic (exact) mass is 364 g/mol. The third kappa shape index (κ3) is 3.74. The third-order valence-electron chi connectivity index (χ3n) is 4.35. The number of carbonyl (C=O) groups is 3. The highest BCUT2D eigenvalue weighted by molar-refractivity contribution is 6.39. The van der Waals surface area contributed by atoms with E-state index in [4.69, 9.17) is 4.74 Å². The van der Waals surface area contributed by atoms with Crippen molar-refractivity contribution in [2.75, 3.05) is 12.0 Å². The number of urea groups is 1. The van der Waals surface area contributed by atoms with Gasteiger partial charge in [0.1, 0.15) is 11.3 Å². The van der Waals surface area contributed by atoms with Crippen molar-refractivity contribution >= 4 is 29.6 Å². The van der Waals surface area contributed by atoms with Crippen LogP contribution >= 0.6 is 0 Å². The van der Waals surface area contributed by atoms with E-state index in [1.807, 2.05) is 12.1 Å². The van der Waals surface area contributed by atoms with Gasteiger partial charge >= 0.3 is 6.03 Å². The molecule has 1 saturated heterocycles. The van der Waals surface area contributed by atoms with Crippen LogP contribution in [0.15, 0.2) is 54.1 Å². The molecule has 2 aromatic carbocycles. The number of amides is 4. The van der Waals surface area contributed by atoms with Crippen LogP contribution in [-0.4, -0.2) is 25.0 Å². The highest BCUT2D eigenvalue weighted by Gasteiger charge is 2.36. The first kappa shape index (κ1) is 18.4. The van der Waals surface area contributed by atoms with Gasteiger partial charge in [0, 0.05) is 0 Å². The Kier molecular flexibility index (Phi) is 5.07. The van der Waals surface area contributed by atoms with E-state index in [1.54, 1.807) is 43.5 Å². The average molecular weight is 364 g/mol. The largest absolute Gasteiger partial charge is 0.497 e. The van der Waals surface area contributed by atoms with Gasteiger partial charge in [-0.1, -0.05) is 38.1 Å². The Balaban J connectivity index is 1.94. The average Bonchev–Trinajstić information content (AvgIpc) is 2.66. The molecule has 0 spiro atoms. The SMILES string of the molecule is COc1ccc(/C=C2\C(=O)NC(=O)N(c3ccc(C(C)C)cc3)C2=O)cc1. The quantitative estimate of drug-likeness (QED) is 0.666. The number of methoxy groups -OCH3 is 1. The van der Waals surface area contributed by atoms with Gasteiger partial charge in [-0.05, 0) is 47.4 Å². The standard InChI is InChI=1S/C21H20N2O4/c1-13(2)15-6-8-16(9-7-15)23-20(25)18(19(24)22-21(23)26)12-14-4-10-17(27-3)11-5-14/h4-13H,1-3H3,(H,22,24,26)/b18-12+. The van der Waals surface area contributed by atoms with Crippen LogP contribution in [0.4, 0.5) is 10.5 Å². The summed E-state index contributed by atoms with van der Waals surface area (Å²) < 4.78 is 5.10. The fraction of sp³-hybridized carbons (Fsp3) is 0.190. The minimum absolute atomic E-state index is 0.104. The molecule has 0 aliphatic carbocycles. The normalized spacial score (nSPS) is 16.1. The van der Waals surface area contributed by atoms with Crippen molar-refractivity contribution in [2.24, 2.45) is 0 Å². The number of ether oxygens (including phenoxy) is 1. The Morgan fingerprint density at radius 3 is 2.15 bits per heavy atom. The van der Waals surface area contributed by atoms with Crippen LogP contribution in [0.5, 0.6) is 5.75 Å². The summed E-state index contributed by atoms with van der Waals surface area (Å²) in [5.74, 6) is -0.372. The zero-order chi connectivity index (χ0) is 19.6. The summed E-state index contributed by atoms with van der Waals surface area (Å²) >= 11 is 0. The van der Waals surface area contributed by atoms with E-state index >= 15 is 0 Å². The molecule has 27 heavy (non-hydrogen) atoms. The molecule has 0 unspecified atom stereocenters. The number of hydrogen-bond donors (Lipinski definition) is 1. The summed E-state index contributed by atoms with van der Waals surface area (Å²) in [6, 6.07) is 13.3.